The molecule has 70 valence electrons. The van der Waals surface area contributed by atoms with E-state index >= 15 is 0 Å². The summed E-state index contributed by atoms with van der Waals surface area (Å²) in [6.07, 6.45) is 7.17. The van der Waals surface area contributed by atoms with E-state index in [0.717, 1.165) is 25.5 Å². The fourth-order valence-electron chi connectivity index (χ4n) is 1.55. The average molecular weight is 177 g/mol. The quantitative estimate of drug-likeness (QED) is 0.695. The number of aromatic nitrogens is 2. The van der Waals surface area contributed by atoms with E-state index in [0.29, 0.717) is 0 Å². The standard InChI is InChI=1S/C10H15N3/c1-9-2-6-13(7-3-9)8-10-11-4-5-12-10/h2,4-5H,3,6-8H2,1H3,(H,11,12). The molecule has 0 saturated carbocycles. The maximum Gasteiger partial charge on any atom is 0.120 e. The zero-order valence-corrected chi connectivity index (χ0v) is 7.95. The van der Waals surface area contributed by atoms with E-state index in [1.54, 1.807) is 6.20 Å². The van der Waals surface area contributed by atoms with Crippen LogP contribution in [0.25, 0.3) is 0 Å². The van der Waals surface area contributed by atoms with Crippen LogP contribution in [0.15, 0.2) is 24.0 Å². The molecule has 0 saturated heterocycles. The summed E-state index contributed by atoms with van der Waals surface area (Å²) in [5, 5.41) is 0. The Morgan fingerprint density at radius 3 is 3.15 bits per heavy atom. The minimum atomic E-state index is 0.941. The number of H-pyrrole nitrogens is 1. The zero-order chi connectivity index (χ0) is 9.10. The lowest BCUT2D eigenvalue weighted by Crippen LogP contribution is -2.28. The van der Waals surface area contributed by atoms with Gasteiger partial charge in [0.15, 0.2) is 0 Å². The highest BCUT2D eigenvalue weighted by Crippen LogP contribution is 2.10. The van der Waals surface area contributed by atoms with Crippen molar-refractivity contribution >= 4 is 0 Å². The molecule has 3 heteroatoms. The molecule has 1 aromatic heterocycles. The molecular weight excluding hydrogens is 162 g/mol. The highest BCUT2D eigenvalue weighted by molar-refractivity contribution is 5.04. The van der Waals surface area contributed by atoms with Crippen LogP contribution in [0.5, 0.6) is 0 Å². The van der Waals surface area contributed by atoms with E-state index in [9.17, 15) is 0 Å². The summed E-state index contributed by atoms with van der Waals surface area (Å²) in [7, 11) is 0. The molecular formula is C10H15N3. The third-order valence-corrected chi connectivity index (χ3v) is 2.45. The van der Waals surface area contributed by atoms with Crippen molar-refractivity contribution in [2.24, 2.45) is 0 Å². The number of nitrogens with zero attached hydrogens (tertiary/aromatic N) is 2. The SMILES string of the molecule is CC1=CCN(Cc2ncc[nH]2)CC1. The van der Waals surface area contributed by atoms with Crippen LogP contribution in [0.1, 0.15) is 19.2 Å². The summed E-state index contributed by atoms with van der Waals surface area (Å²) in [6, 6.07) is 0. The van der Waals surface area contributed by atoms with Crippen LogP contribution in [0.4, 0.5) is 0 Å². The number of rotatable bonds is 2. The molecule has 0 radical (unpaired) electrons. The Kier molecular flexibility index (Phi) is 2.45. The minimum absolute atomic E-state index is 0.941. The molecule has 1 aliphatic rings. The molecule has 0 aliphatic carbocycles. The van der Waals surface area contributed by atoms with Gasteiger partial charge in [-0.3, -0.25) is 4.90 Å². The fraction of sp³-hybridized carbons (Fsp3) is 0.500. The molecule has 1 aromatic rings. The van der Waals surface area contributed by atoms with Gasteiger partial charge in [0.05, 0.1) is 6.54 Å². The van der Waals surface area contributed by atoms with Crippen molar-refractivity contribution in [1.82, 2.24) is 14.9 Å². The van der Waals surface area contributed by atoms with Gasteiger partial charge in [0.2, 0.25) is 0 Å². The molecule has 1 N–H and O–H groups in total. The molecule has 0 spiro atoms. The van der Waals surface area contributed by atoms with E-state index in [4.69, 9.17) is 0 Å². The summed E-state index contributed by atoms with van der Waals surface area (Å²) in [5.74, 6) is 1.06. The normalized spacial score (nSPS) is 18.7. The Hall–Kier alpha value is -1.09. The van der Waals surface area contributed by atoms with Gasteiger partial charge in [-0.2, -0.15) is 0 Å². The second kappa shape index (κ2) is 3.75. The summed E-state index contributed by atoms with van der Waals surface area (Å²) >= 11 is 0. The van der Waals surface area contributed by atoms with E-state index in [1.807, 2.05) is 6.20 Å². The van der Waals surface area contributed by atoms with Gasteiger partial charge < -0.3 is 4.98 Å². The Bertz CT molecular complexity index is 287. The molecule has 1 aliphatic heterocycles. The van der Waals surface area contributed by atoms with Crippen molar-refractivity contribution in [3.63, 3.8) is 0 Å². The first-order valence-corrected chi connectivity index (χ1v) is 4.71. The van der Waals surface area contributed by atoms with Crippen LogP contribution < -0.4 is 0 Å². The lowest BCUT2D eigenvalue weighted by atomic mass is 10.1. The maximum absolute atomic E-state index is 4.21. The van der Waals surface area contributed by atoms with Crippen molar-refractivity contribution in [2.45, 2.75) is 19.9 Å². The summed E-state index contributed by atoms with van der Waals surface area (Å²) < 4.78 is 0. The summed E-state index contributed by atoms with van der Waals surface area (Å²) in [5.41, 5.74) is 1.51. The van der Waals surface area contributed by atoms with Crippen molar-refractivity contribution < 1.29 is 0 Å². The molecule has 3 nitrogen and oxygen atoms in total. The molecule has 2 rings (SSSR count). The van der Waals surface area contributed by atoms with Crippen LogP contribution in [0.2, 0.25) is 0 Å². The summed E-state index contributed by atoms with van der Waals surface area (Å²) in [4.78, 5) is 9.73. The van der Waals surface area contributed by atoms with Gasteiger partial charge in [-0.1, -0.05) is 11.6 Å². The van der Waals surface area contributed by atoms with Crippen molar-refractivity contribution in [2.75, 3.05) is 13.1 Å². The van der Waals surface area contributed by atoms with Gasteiger partial charge in [-0.05, 0) is 13.3 Å². The predicted octanol–water partition coefficient (Wildman–Crippen LogP) is 1.56. The molecule has 0 atom stereocenters. The second-order valence-electron chi connectivity index (χ2n) is 3.57. The minimum Gasteiger partial charge on any atom is -0.348 e. The predicted molar refractivity (Wildman–Crippen MR) is 52.2 cm³/mol. The molecule has 0 fully saturated rings. The van der Waals surface area contributed by atoms with Gasteiger partial charge in [0.1, 0.15) is 5.82 Å². The third-order valence-electron chi connectivity index (χ3n) is 2.45. The lowest BCUT2D eigenvalue weighted by molar-refractivity contribution is 0.280. The van der Waals surface area contributed by atoms with E-state index in [2.05, 4.69) is 27.9 Å². The van der Waals surface area contributed by atoms with Gasteiger partial charge >= 0.3 is 0 Å². The molecule has 0 aromatic carbocycles. The van der Waals surface area contributed by atoms with E-state index < -0.39 is 0 Å². The van der Waals surface area contributed by atoms with Crippen molar-refractivity contribution in [3.05, 3.63) is 29.9 Å². The van der Waals surface area contributed by atoms with Gasteiger partial charge in [0.25, 0.3) is 0 Å². The summed E-state index contributed by atoms with van der Waals surface area (Å²) in [6.45, 7) is 5.36. The van der Waals surface area contributed by atoms with E-state index in [1.165, 1.54) is 12.0 Å². The molecule has 0 bridgehead atoms. The van der Waals surface area contributed by atoms with Crippen LogP contribution >= 0.6 is 0 Å². The largest absolute Gasteiger partial charge is 0.348 e. The zero-order valence-electron chi connectivity index (χ0n) is 7.95. The molecule has 0 unspecified atom stereocenters. The first-order chi connectivity index (χ1) is 6.34. The van der Waals surface area contributed by atoms with Crippen LogP contribution in [-0.2, 0) is 6.54 Å². The van der Waals surface area contributed by atoms with Crippen molar-refractivity contribution in [3.8, 4) is 0 Å². The number of imidazole rings is 1. The van der Waals surface area contributed by atoms with Crippen LogP contribution in [0, 0.1) is 0 Å². The Labute approximate surface area is 78.5 Å². The Balaban J connectivity index is 1.90. The smallest absolute Gasteiger partial charge is 0.120 e. The maximum atomic E-state index is 4.21. The highest BCUT2D eigenvalue weighted by atomic mass is 15.1. The van der Waals surface area contributed by atoms with Gasteiger partial charge in [0, 0.05) is 25.5 Å². The highest BCUT2D eigenvalue weighted by Gasteiger charge is 2.09. The number of aromatic amines is 1. The van der Waals surface area contributed by atoms with Gasteiger partial charge in [-0.25, -0.2) is 4.98 Å². The van der Waals surface area contributed by atoms with Crippen molar-refractivity contribution in [1.29, 1.82) is 0 Å². The molecule has 0 amide bonds. The molecule has 2 heterocycles. The Morgan fingerprint density at radius 1 is 1.62 bits per heavy atom. The Morgan fingerprint density at radius 2 is 2.54 bits per heavy atom. The van der Waals surface area contributed by atoms with Crippen LogP contribution in [-0.4, -0.2) is 28.0 Å². The number of nitrogens with one attached hydrogen (secondary N) is 1. The van der Waals surface area contributed by atoms with Gasteiger partial charge in [-0.15, -0.1) is 0 Å². The first kappa shape index (κ1) is 8.51. The lowest BCUT2D eigenvalue weighted by Gasteiger charge is -2.23. The number of hydrogen-bond donors (Lipinski definition) is 1. The second-order valence-corrected chi connectivity index (χ2v) is 3.57. The number of hydrogen-bond acceptors (Lipinski definition) is 2. The topological polar surface area (TPSA) is 31.9 Å². The third kappa shape index (κ3) is 2.18. The van der Waals surface area contributed by atoms with E-state index in [-0.39, 0.29) is 0 Å². The molecule has 13 heavy (non-hydrogen) atoms. The first-order valence-electron chi connectivity index (χ1n) is 4.71. The monoisotopic (exact) mass is 177 g/mol. The van der Waals surface area contributed by atoms with Crippen LogP contribution in [0.3, 0.4) is 0 Å². The average Bonchev–Trinajstić information content (AvgIpc) is 2.62. The fourth-order valence-corrected chi connectivity index (χ4v) is 1.55.